The van der Waals surface area contributed by atoms with Gasteiger partial charge < -0.3 is 14.4 Å². The van der Waals surface area contributed by atoms with Gasteiger partial charge in [0.2, 0.25) is 0 Å². The maximum Gasteiger partial charge on any atom is 0.119 e. The van der Waals surface area contributed by atoms with Crippen LogP contribution in [-0.4, -0.2) is 45.4 Å². The molecule has 0 radical (unpaired) electrons. The van der Waals surface area contributed by atoms with Crippen molar-refractivity contribution in [3.8, 4) is 5.75 Å². The molecule has 23 heavy (non-hydrogen) atoms. The Balaban J connectivity index is 2.30. The first-order chi connectivity index (χ1) is 10.8. The van der Waals surface area contributed by atoms with Gasteiger partial charge in [0.15, 0.2) is 0 Å². The van der Waals surface area contributed by atoms with Gasteiger partial charge in [-0.15, -0.1) is 0 Å². The van der Waals surface area contributed by atoms with E-state index in [4.69, 9.17) is 9.47 Å². The van der Waals surface area contributed by atoms with Crippen LogP contribution in [0.15, 0.2) is 24.3 Å². The van der Waals surface area contributed by atoms with Crippen molar-refractivity contribution in [2.45, 2.75) is 40.5 Å². The SMILES string of the molecule is CC(C)CC(C)(C)Cc1ccc(OCCOCCN(C)C)cc1. The van der Waals surface area contributed by atoms with Gasteiger partial charge >= 0.3 is 0 Å². The van der Waals surface area contributed by atoms with Crippen LogP contribution >= 0.6 is 0 Å². The quantitative estimate of drug-likeness (QED) is 0.569. The van der Waals surface area contributed by atoms with Crippen molar-refractivity contribution in [2.75, 3.05) is 40.5 Å². The first kappa shape index (κ1) is 20.0. The summed E-state index contributed by atoms with van der Waals surface area (Å²) in [5, 5.41) is 0. The minimum Gasteiger partial charge on any atom is -0.491 e. The summed E-state index contributed by atoms with van der Waals surface area (Å²) in [6, 6.07) is 8.51. The fraction of sp³-hybridized carbons (Fsp3) is 0.700. The molecule has 0 saturated heterocycles. The van der Waals surface area contributed by atoms with Gasteiger partial charge in [-0.05, 0) is 56.0 Å². The van der Waals surface area contributed by atoms with E-state index in [1.807, 2.05) is 14.1 Å². The lowest BCUT2D eigenvalue weighted by Crippen LogP contribution is -2.19. The van der Waals surface area contributed by atoms with Crippen molar-refractivity contribution in [3.05, 3.63) is 29.8 Å². The van der Waals surface area contributed by atoms with Gasteiger partial charge in [0.25, 0.3) is 0 Å². The van der Waals surface area contributed by atoms with Crippen molar-refractivity contribution in [1.29, 1.82) is 0 Å². The summed E-state index contributed by atoms with van der Waals surface area (Å²) < 4.78 is 11.3. The average Bonchev–Trinajstić information content (AvgIpc) is 2.42. The Bertz CT molecular complexity index is 424. The Morgan fingerprint density at radius 3 is 2.22 bits per heavy atom. The Labute approximate surface area is 143 Å². The predicted octanol–water partition coefficient (Wildman–Crippen LogP) is 4.26. The summed E-state index contributed by atoms with van der Waals surface area (Å²) in [5.41, 5.74) is 1.72. The Morgan fingerprint density at radius 2 is 1.65 bits per heavy atom. The molecule has 1 aromatic carbocycles. The third kappa shape index (κ3) is 9.62. The summed E-state index contributed by atoms with van der Waals surface area (Å²) >= 11 is 0. The standard InChI is InChI=1S/C20H35NO2/c1-17(2)15-20(3,4)16-18-7-9-19(10-8-18)23-14-13-22-12-11-21(5)6/h7-10,17H,11-16H2,1-6H3. The zero-order chi connectivity index (χ0) is 17.3. The van der Waals surface area contributed by atoms with Crippen molar-refractivity contribution in [3.63, 3.8) is 0 Å². The average molecular weight is 322 g/mol. The molecule has 3 heteroatoms. The molecule has 0 spiro atoms. The molecule has 0 atom stereocenters. The van der Waals surface area contributed by atoms with E-state index in [0.29, 0.717) is 18.6 Å². The van der Waals surface area contributed by atoms with Crippen molar-refractivity contribution in [1.82, 2.24) is 4.90 Å². The predicted molar refractivity (Wildman–Crippen MR) is 98.3 cm³/mol. The molecule has 132 valence electrons. The van der Waals surface area contributed by atoms with Crippen LogP contribution < -0.4 is 4.74 Å². The molecule has 3 nitrogen and oxygen atoms in total. The van der Waals surface area contributed by atoms with E-state index in [1.165, 1.54) is 12.0 Å². The maximum atomic E-state index is 5.72. The fourth-order valence-corrected chi connectivity index (χ4v) is 3.00. The lowest BCUT2D eigenvalue weighted by Gasteiger charge is -2.26. The zero-order valence-electron chi connectivity index (χ0n) is 15.9. The third-order valence-electron chi connectivity index (χ3n) is 3.75. The molecule has 0 saturated carbocycles. The second-order valence-corrected chi connectivity index (χ2v) is 7.85. The summed E-state index contributed by atoms with van der Waals surface area (Å²) in [5.74, 6) is 1.66. The maximum absolute atomic E-state index is 5.72. The van der Waals surface area contributed by atoms with E-state index >= 15 is 0 Å². The fourth-order valence-electron chi connectivity index (χ4n) is 3.00. The highest BCUT2D eigenvalue weighted by atomic mass is 16.5. The summed E-state index contributed by atoms with van der Waals surface area (Å²) in [6.45, 7) is 12.2. The molecule has 0 amide bonds. The van der Waals surface area contributed by atoms with Gasteiger partial charge in [-0.3, -0.25) is 0 Å². The molecule has 1 aromatic rings. The van der Waals surface area contributed by atoms with Crippen LogP contribution in [-0.2, 0) is 11.2 Å². The number of likely N-dealkylation sites (N-methyl/N-ethyl adjacent to an activating group) is 1. The molecule has 0 aromatic heterocycles. The molecular weight excluding hydrogens is 286 g/mol. The highest BCUT2D eigenvalue weighted by Crippen LogP contribution is 2.30. The van der Waals surface area contributed by atoms with Gasteiger partial charge in [-0.1, -0.05) is 39.8 Å². The second-order valence-electron chi connectivity index (χ2n) is 7.85. The Kier molecular flexibility index (Phi) is 8.64. The number of hydrogen-bond donors (Lipinski definition) is 0. The molecular formula is C20H35NO2. The molecule has 0 aliphatic rings. The van der Waals surface area contributed by atoms with Crippen LogP contribution in [0.3, 0.4) is 0 Å². The van der Waals surface area contributed by atoms with Gasteiger partial charge in [-0.25, -0.2) is 0 Å². The van der Waals surface area contributed by atoms with Gasteiger partial charge in [0.05, 0.1) is 13.2 Å². The van der Waals surface area contributed by atoms with Crippen LogP contribution in [0, 0.1) is 11.3 Å². The highest BCUT2D eigenvalue weighted by Gasteiger charge is 2.19. The van der Waals surface area contributed by atoms with E-state index in [9.17, 15) is 0 Å². The third-order valence-corrected chi connectivity index (χ3v) is 3.75. The largest absolute Gasteiger partial charge is 0.491 e. The smallest absolute Gasteiger partial charge is 0.119 e. The molecule has 0 fully saturated rings. The van der Waals surface area contributed by atoms with E-state index < -0.39 is 0 Å². The van der Waals surface area contributed by atoms with Crippen LogP contribution in [0.4, 0.5) is 0 Å². The van der Waals surface area contributed by atoms with Gasteiger partial charge in [-0.2, -0.15) is 0 Å². The monoisotopic (exact) mass is 321 g/mol. The number of rotatable bonds is 11. The number of nitrogens with zero attached hydrogens (tertiary/aromatic N) is 1. The normalized spacial score (nSPS) is 12.2. The molecule has 1 rings (SSSR count). The molecule has 0 aliphatic carbocycles. The van der Waals surface area contributed by atoms with Crippen LogP contribution in [0.2, 0.25) is 0 Å². The lowest BCUT2D eigenvalue weighted by molar-refractivity contribution is 0.0890. The van der Waals surface area contributed by atoms with E-state index in [2.05, 4.69) is 56.9 Å². The topological polar surface area (TPSA) is 21.7 Å². The van der Waals surface area contributed by atoms with Gasteiger partial charge in [0.1, 0.15) is 12.4 Å². The first-order valence-electron chi connectivity index (χ1n) is 8.73. The summed E-state index contributed by atoms with van der Waals surface area (Å²) in [6.07, 6.45) is 2.36. The molecule has 0 N–H and O–H groups in total. The van der Waals surface area contributed by atoms with E-state index in [1.54, 1.807) is 0 Å². The van der Waals surface area contributed by atoms with Crippen LogP contribution in [0.1, 0.15) is 39.7 Å². The zero-order valence-corrected chi connectivity index (χ0v) is 15.9. The highest BCUT2D eigenvalue weighted by molar-refractivity contribution is 5.27. The number of hydrogen-bond acceptors (Lipinski definition) is 3. The first-order valence-corrected chi connectivity index (χ1v) is 8.73. The number of ether oxygens (including phenoxy) is 2. The van der Waals surface area contributed by atoms with E-state index in [-0.39, 0.29) is 0 Å². The molecule has 0 aliphatic heterocycles. The van der Waals surface area contributed by atoms with Crippen molar-refractivity contribution < 1.29 is 9.47 Å². The second kappa shape index (κ2) is 9.94. The Hall–Kier alpha value is -1.06. The van der Waals surface area contributed by atoms with Gasteiger partial charge in [0, 0.05) is 6.54 Å². The number of benzene rings is 1. The Morgan fingerprint density at radius 1 is 1.00 bits per heavy atom. The summed E-state index contributed by atoms with van der Waals surface area (Å²) in [4.78, 5) is 2.11. The lowest BCUT2D eigenvalue weighted by atomic mass is 9.79. The summed E-state index contributed by atoms with van der Waals surface area (Å²) in [7, 11) is 4.09. The molecule has 0 bridgehead atoms. The van der Waals surface area contributed by atoms with Crippen molar-refractivity contribution in [2.24, 2.45) is 11.3 Å². The minimum atomic E-state index is 0.344. The minimum absolute atomic E-state index is 0.344. The van der Waals surface area contributed by atoms with Crippen molar-refractivity contribution >= 4 is 0 Å². The van der Waals surface area contributed by atoms with Crippen LogP contribution in [0.25, 0.3) is 0 Å². The van der Waals surface area contributed by atoms with E-state index in [0.717, 1.165) is 31.2 Å². The van der Waals surface area contributed by atoms with Crippen LogP contribution in [0.5, 0.6) is 5.75 Å². The molecule has 0 heterocycles. The molecule has 0 unspecified atom stereocenters.